The van der Waals surface area contributed by atoms with Gasteiger partial charge in [0, 0.05) is 25.9 Å². The number of anilines is 1. The number of aryl methyl sites for hydroxylation is 1. The maximum atomic E-state index is 12.2. The molecule has 0 bridgehead atoms. The molecule has 1 aromatic carbocycles. The molecule has 0 aliphatic carbocycles. The second kappa shape index (κ2) is 8.45. The normalized spacial score (nSPS) is 17.0. The molecular formula is C19H23N3O2. The summed E-state index contributed by atoms with van der Waals surface area (Å²) < 4.78 is 5.92. The van der Waals surface area contributed by atoms with Crippen molar-refractivity contribution in [2.75, 3.05) is 25.0 Å². The first-order valence-electron chi connectivity index (χ1n) is 8.43. The lowest BCUT2D eigenvalue weighted by Crippen LogP contribution is -2.34. The number of pyridine rings is 1. The molecule has 2 heterocycles. The van der Waals surface area contributed by atoms with Crippen molar-refractivity contribution in [3.05, 3.63) is 60.4 Å². The number of nitrogens with one attached hydrogen (secondary N) is 1. The van der Waals surface area contributed by atoms with Gasteiger partial charge in [-0.15, -0.1) is 0 Å². The van der Waals surface area contributed by atoms with Gasteiger partial charge in [-0.1, -0.05) is 30.3 Å². The van der Waals surface area contributed by atoms with Crippen molar-refractivity contribution in [1.82, 2.24) is 9.88 Å². The van der Waals surface area contributed by atoms with Crippen LogP contribution in [0.3, 0.4) is 0 Å². The zero-order valence-corrected chi connectivity index (χ0v) is 13.7. The molecule has 1 aliphatic heterocycles. The number of benzene rings is 1. The number of ether oxygens (including phenoxy) is 1. The van der Waals surface area contributed by atoms with Crippen LogP contribution in [0.5, 0.6) is 0 Å². The molecule has 126 valence electrons. The van der Waals surface area contributed by atoms with Crippen LogP contribution >= 0.6 is 0 Å². The molecule has 1 saturated heterocycles. The molecule has 1 aromatic heterocycles. The third-order valence-electron chi connectivity index (χ3n) is 4.15. The van der Waals surface area contributed by atoms with Gasteiger partial charge in [0.15, 0.2) is 0 Å². The van der Waals surface area contributed by atoms with Gasteiger partial charge in [0.1, 0.15) is 0 Å². The summed E-state index contributed by atoms with van der Waals surface area (Å²) in [4.78, 5) is 18.0. The monoisotopic (exact) mass is 325 g/mol. The Labute approximate surface area is 142 Å². The van der Waals surface area contributed by atoms with Crippen LogP contribution in [0.15, 0.2) is 54.9 Å². The van der Waals surface area contributed by atoms with Crippen molar-refractivity contribution in [3.63, 3.8) is 0 Å². The van der Waals surface area contributed by atoms with Crippen molar-refractivity contribution in [2.24, 2.45) is 0 Å². The minimum Gasteiger partial charge on any atom is -0.376 e. The standard InChI is InChI=1S/C19H23N3O2/c23-19(21-17-9-4-11-20-14-17)22-12-10-18(15-22)24-13-5-8-16-6-2-1-3-7-16/h1-4,6-7,9,11,14,18H,5,8,10,12-13,15H2,(H,21,23)/t18-/m1/s1. The zero-order chi connectivity index (χ0) is 16.6. The summed E-state index contributed by atoms with van der Waals surface area (Å²) in [6.45, 7) is 2.12. The second-order valence-corrected chi connectivity index (χ2v) is 5.99. The molecule has 1 N–H and O–H groups in total. The van der Waals surface area contributed by atoms with Crippen LogP contribution in [0.25, 0.3) is 0 Å². The van der Waals surface area contributed by atoms with Gasteiger partial charge >= 0.3 is 6.03 Å². The van der Waals surface area contributed by atoms with E-state index in [-0.39, 0.29) is 12.1 Å². The Hall–Kier alpha value is -2.40. The summed E-state index contributed by atoms with van der Waals surface area (Å²) in [5.41, 5.74) is 2.06. The molecule has 24 heavy (non-hydrogen) atoms. The molecule has 2 amide bonds. The van der Waals surface area contributed by atoms with Gasteiger partial charge in [0.05, 0.1) is 18.0 Å². The maximum absolute atomic E-state index is 12.2. The molecule has 3 rings (SSSR count). The SMILES string of the molecule is O=C(Nc1cccnc1)N1CC[C@@H](OCCCc2ccccc2)C1. The number of urea groups is 1. The highest BCUT2D eigenvalue weighted by molar-refractivity contribution is 5.89. The van der Waals surface area contributed by atoms with Gasteiger partial charge in [-0.3, -0.25) is 4.98 Å². The van der Waals surface area contributed by atoms with E-state index in [9.17, 15) is 4.79 Å². The number of amides is 2. The summed E-state index contributed by atoms with van der Waals surface area (Å²) >= 11 is 0. The molecule has 5 nitrogen and oxygen atoms in total. The summed E-state index contributed by atoms with van der Waals surface area (Å²) in [7, 11) is 0. The van der Waals surface area contributed by atoms with Crippen molar-refractivity contribution in [1.29, 1.82) is 0 Å². The van der Waals surface area contributed by atoms with Crippen LogP contribution in [0.1, 0.15) is 18.4 Å². The smallest absolute Gasteiger partial charge is 0.321 e. The first kappa shape index (κ1) is 16.5. The van der Waals surface area contributed by atoms with Gasteiger partial charge in [0.25, 0.3) is 0 Å². The van der Waals surface area contributed by atoms with Gasteiger partial charge in [0.2, 0.25) is 0 Å². The van der Waals surface area contributed by atoms with Crippen LogP contribution in [0.2, 0.25) is 0 Å². The van der Waals surface area contributed by atoms with Crippen LogP contribution in [-0.4, -0.2) is 41.7 Å². The highest BCUT2D eigenvalue weighted by atomic mass is 16.5. The number of hydrogen-bond donors (Lipinski definition) is 1. The van der Waals surface area contributed by atoms with Gasteiger partial charge in [-0.05, 0) is 37.0 Å². The minimum absolute atomic E-state index is 0.0848. The Balaban J connectivity index is 1.35. The molecule has 0 radical (unpaired) electrons. The van der Waals surface area contributed by atoms with Crippen molar-refractivity contribution in [3.8, 4) is 0 Å². The van der Waals surface area contributed by atoms with E-state index < -0.39 is 0 Å². The van der Waals surface area contributed by atoms with E-state index in [4.69, 9.17) is 4.74 Å². The van der Waals surface area contributed by atoms with E-state index in [0.717, 1.165) is 38.1 Å². The highest BCUT2D eigenvalue weighted by Crippen LogP contribution is 2.15. The van der Waals surface area contributed by atoms with Gasteiger partial charge in [-0.2, -0.15) is 0 Å². The Bertz CT molecular complexity index is 634. The van der Waals surface area contributed by atoms with E-state index >= 15 is 0 Å². The predicted octanol–water partition coefficient (Wildman–Crippen LogP) is 3.34. The molecular weight excluding hydrogens is 302 g/mol. The van der Waals surface area contributed by atoms with Crippen LogP contribution in [-0.2, 0) is 11.2 Å². The Morgan fingerprint density at radius 2 is 2.12 bits per heavy atom. The summed E-state index contributed by atoms with van der Waals surface area (Å²) in [6.07, 6.45) is 6.39. The Morgan fingerprint density at radius 1 is 1.25 bits per heavy atom. The molecule has 0 unspecified atom stereocenters. The topological polar surface area (TPSA) is 54.5 Å². The molecule has 5 heteroatoms. The number of aromatic nitrogens is 1. The van der Waals surface area contributed by atoms with Crippen molar-refractivity contribution < 1.29 is 9.53 Å². The lowest BCUT2D eigenvalue weighted by atomic mass is 10.1. The summed E-state index contributed by atoms with van der Waals surface area (Å²) in [5, 5.41) is 2.86. The van der Waals surface area contributed by atoms with Crippen LogP contribution in [0, 0.1) is 0 Å². The number of rotatable bonds is 6. The molecule has 2 aromatic rings. The highest BCUT2D eigenvalue weighted by Gasteiger charge is 2.26. The largest absolute Gasteiger partial charge is 0.376 e. The van der Waals surface area contributed by atoms with E-state index in [1.165, 1.54) is 5.56 Å². The number of likely N-dealkylation sites (tertiary alicyclic amines) is 1. The Kier molecular flexibility index (Phi) is 5.80. The number of carbonyl (C=O) groups is 1. The second-order valence-electron chi connectivity index (χ2n) is 5.99. The van der Waals surface area contributed by atoms with E-state index in [1.807, 2.05) is 12.1 Å². The fourth-order valence-corrected chi connectivity index (χ4v) is 2.86. The summed E-state index contributed by atoms with van der Waals surface area (Å²) in [6, 6.07) is 14.0. The third-order valence-corrected chi connectivity index (χ3v) is 4.15. The first-order chi connectivity index (χ1) is 11.8. The fourth-order valence-electron chi connectivity index (χ4n) is 2.86. The quantitative estimate of drug-likeness (QED) is 0.829. The van der Waals surface area contributed by atoms with E-state index in [1.54, 1.807) is 23.4 Å². The average molecular weight is 325 g/mol. The lowest BCUT2D eigenvalue weighted by molar-refractivity contribution is 0.0601. The first-order valence-corrected chi connectivity index (χ1v) is 8.43. The average Bonchev–Trinajstić information content (AvgIpc) is 3.10. The number of carbonyl (C=O) groups excluding carboxylic acids is 1. The van der Waals surface area contributed by atoms with Gasteiger partial charge in [-0.25, -0.2) is 4.79 Å². The van der Waals surface area contributed by atoms with Crippen LogP contribution < -0.4 is 5.32 Å². The molecule has 1 aliphatic rings. The van der Waals surface area contributed by atoms with E-state index in [2.05, 4.69) is 34.6 Å². The van der Waals surface area contributed by atoms with Crippen LogP contribution in [0.4, 0.5) is 10.5 Å². The lowest BCUT2D eigenvalue weighted by Gasteiger charge is -2.17. The zero-order valence-electron chi connectivity index (χ0n) is 13.7. The number of hydrogen-bond acceptors (Lipinski definition) is 3. The maximum Gasteiger partial charge on any atom is 0.321 e. The van der Waals surface area contributed by atoms with Gasteiger partial charge < -0.3 is 15.0 Å². The fraction of sp³-hybridized carbons (Fsp3) is 0.368. The molecule has 0 spiro atoms. The number of nitrogens with zero attached hydrogens (tertiary/aromatic N) is 2. The predicted molar refractivity (Wildman–Crippen MR) is 93.9 cm³/mol. The molecule has 0 saturated carbocycles. The van der Waals surface area contributed by atoms with Crippen molar-refractivity contribution in [2.45, 2.75) is 25.4 Å². The summed E-state index contributed by atoms with van der Waals surface area (Å²) in [5.74, 6) is 0. The Morgan fingerprint density at radius 3 is 2.92 bits per heavy atom. The molecule has 1 fully saturated rings. The van der Waals surface area contributed by atoms with Crippen molar-refractivity contribution >= 4 is 11.7 Å². The van der Waals surface area contributed by atoms with E-state index in [0.29, 0.717) is 6.54 Å². The minimum atomic E-state index is -0.0848. The molecule has 1 atom stereocenters. The third kappa shape index (κ3) is 4.80.